The van der Waals surface area contributed by atoms with Gasteiger partial charge >= 0.3 is 0 Å². The molecule has 3 N–H and O–H groups in total. The highest BCUT2D eigenvalue weighted by molar-refractivity contribution is 5.65. The van der Waals surface area contributed by atoms with E-state index in [0.29, 0.717) is 0 Å². The first-order valence-electron chi connectivity index (χ1n) is 5.88. The third-order valence-corrected chi connectivity index (χ3v) is 3.51. The average molecular weight is 220 g/mol. The second-order valence-electron chi connectivity index (χ2n) is 4.54. The molecule has 1 aliphatic rings. The second kappa shape index (κ2) is 4.44. The Morgan fingerprint density at radius 2 is 2.31 bits per heavy atom. The summed E-state index contributed by atoms with van der Waals surface area (Å²) < 4.78 is 0. The number of aryl methyl sites for hydroxylation is 1. The number of benzene rings is 1. The van der Waals surface area contributed by atoms with Crippen molar-refractivity contribution in [1.29, 1.82) is 0 Å². The Morgan fingerprint density at radius 1 is 1.56 bits per heavy atom. The summed E-state index contributed by atoms with van der Waals surface area (Å²) in [4.78, 5) is 2.26. The Bertz CT molecular complexity index is 378. The van der Waals surface area contributed by atoms with E-state index in [1.165, 1.54) is 16.8 Å². The van der Waals surface area contributed by atoms with E-state index < -0.39 is 0 Å². The van der Waals surface area contributed by atoms with Gasteiger partial charge in [-0.3, -0.25) is 0 Å². The Morgan fingerprint density at radius 3 is 2.94 bits per heavy atom. The van der Waals surface area contributed by atoms with Crippen molar-refractivity contribution in [2.45, 2.75) is 25.3 Å². The topological polar surface area (TPSA) is 49.5 Å². The molecule has 1 aromatic rings. The first-order valence-corrected chi connectivity index (χ1v) is 5.88. The third kappa shape index (κ3) is 1.70. The summed E-state index contributed by atoms with van der Waals surface area (Å²) in [5, 5.41) is 9.19. The fraction of sp³-hybridized carbons (Fsp3) is 0.538. The normalized spacial score (nSPS) is 21.0. The van der Waals surface area contributed by atoms with Gasteiger partial charge in [-0.15, -0.1) is 0 Å². The van der Waals surface area contributed by atoms with Gasteiger partial charge in [0.15, 0.2) is 0 Å². The van der Waals surface area contributed by atoms with Crippen LogP contribution in [0.15, 0.2) is 18.2 Å². The van der Waals surface area contributed by atoms with Crippen molar-refractivity contribution in [3.8, 4) is 0 Å². The summed E-state index contributed by atoms with van der Waals surface area (Å²) >= 11 is 0. The van der Waals surface area contributed by atoms with Gasteiger partial charge in [0.1, 0.15) is 0 Å². The van der Waals surface area contributed by atoms with Crippen LogP contribution in [0, 0.1) is 0 Å². The highest BCUT2D eigenvalue weighted by atomic mass is 16.3. The summed E-state index contributed by atoms with van der Waals surface area (Å²) in [5.41, 5.74) is 9.95. The number of hydrogen-bond acceptors (Lipinski definition) is 3. The first-order chi connectivity index (χ1) is 7.69. The zero-order chi connectivity index (χ0) is 11.7. The minimum Gasteiger partial charge on any atom is -0.395 e. The molecular weight excluding hydrogens is 200 g/mol. The molecule has 88 valence electrons. The van der Waals surface area contributed by atoms with E-state index in [4.69, 9.17) is 5.73 Å². The largest absolute Gasteiger partial charge is 0.395 e. The quantitative estimate of drug-likeness (QED) is 0.802. The van der Waals surface area contributed by atoms with Crippen LogP contribution in [0.3, 0.4) is 0 Å². The predicted octanol–water partition coefficient (Wildman–Crippen LogP) is 1.10. The molecule has 16 heavy (non-hydrogen) atoms. The van der Waals surface area contributed by atoms with E-state index in [9.17, 15) is 5.11 Å². The number of fused-ring (bicyclic) bond motifs is 1. The maximum atomic E-state index is 9.19. The van der Waals surface area contributed by atoms with Crippen LogP contribution in [-0.2, 0) is 6.42 Å². The monoisotopic (exact) mass is 220 g/mol. The number of hydrogen-bond donors (Lipinski definition) is 2. The highest BCUT2D eigenvalue weighted by Gasteiger charge is 2.31. The van der Waals surface area contributed by atoms with Crippen LogP contribution >= 0.6 is 0 Å². The van der Waals surface area contributed by atoms with Crippen LogP contribution in [0.5, 0.6) is 0 Å². The van der Waals surface area contributed by atoms with Crippen molar-refractivity contribution in [2.24, 2.45) is 5.73 Å². The fourth-order valence-electron chi connectivity index (χ4n) is 2.64. The molecule has 0 saturated carbocycles. The molecule has 2 atom stereocenters. The number of aliphatic hydroxyl groups excluding tert-OH is 1. The van der Waals surface area contributed by atoms with Crippen LogP contribution in [0.25, 0.3) is 0 Å². The van der Waals surface area contributed by atoms with Gasteiger partial charge in [0.05, 0.1) is 6.61 Å². The molecule has 0 aliphatic carbocycles. The van der Waals surface area contributed by atoms with Crippen molar-refractivity contribution in [2.75, 3.05) is 25.1 Å². The molecule has 0 spiro atoms. The Hall–Kier alpha value is -1.06. The lowest BCUT2D eigenvalue weighted by Gasteiger charge is -2.17. The van der Waals surface area contributed by atoms with E-state index in [0.717, 1.165) is 13.0 Å². The van der Waals surface area contributed by atoms with Crippen LogP contribution < -0.4 is 10.6 Å². The zero-order valence-corrected chi connectivity index (χ0v) is 9.98. The van der Waals surface area contributed by atoms with Crippen LogP contribution in [0.1, 0.15) is 24.0 Å². The first kappa shape index (κ1) is 11.4. The SMILES string of the molecule is CCc1cccc2c1N(C)CC2C(N)CO. The van der Waals surface area contributed by atoms with E-state index in [1.807, 2.05) is 0 Å². The highest BCUT2D eigenvalue weighted by Crippen LogP contribution is 2.39. The molecular formula is C13H20N2O. The van der Waals surface area contributed by atoms with Crippen molar-refractivity contribution in [3.63, 3.8) is 0 Å². The molecule has 3 heteroatoms. The van der Waals surface area contributed by atoms with Crippen molar-refractivity contribution >= 4 is 5.69 Å². The van der Waals surface area contributed by atoms with Gasteiger partial charge in [0, 0.05) is 31.2 Å². The van der Waals surface area contributed by atoms with Crippen LogP contribution in [-0.4, -0.2) is 31.3 Å². The minimum atomic E-state index is -0.157. The van der Waals surface area contributed by atoms with E-state index in [1.54, 1.807) is 0 Å². The maximum Gasteiger partial charge on any atom is 0.0589 e. The van der Waals surface area contributed by atoms with Gasteiger partial charge in [-0.05, 0) is 17.5 Å². The van der Waals surface area contributed by atoms with Gasteiger partial charge in [-0.1, -0.05) is 25.1 Å². The van der Waals surface area contributed by atoms with E-state index >= 15 is 0 Å². The molecule has 1 aliphatic heterocycles. The zero-order valence-electron chi connectivity index (χ0n) is 9.98. The summed E-state index contributed by atoms with van der Waals surface area (Å²) in [7, 11) is 2.10. The standard InChI is InChI=1S/C13H20N2O/c1-3-9-5-4-6-10-11(12(14)8-16)7-15(2)13(9)10/h4-6,11-12,16H,3,7-8,14H2,1-2H3. The number of nitrogens with two attached hydrogens (primary N) is 1. The Kier molecular flexibility index (Phi) is 3.17. The fourth-order valence-corrected chi connectivity index (χ4v) is 2.64. The molecule has 0 radical (unpaired) electrons. The van der Waals surface area contributed by atoms with Gasteiger partial charge < -0.3 is 15.7 Å². The second-order valence-corrected chi connectivity index (χ2v) is 4.54. The number of para-hydroxylation sites is 1. The number of rotatable bonds is 3. The molecule has 0 amide bonds. The number of aliphatic hydroxyl groups is 1. The molecule has 0 saturated heterocycles. The van der Waals surface area contributed by atoms with E-state index in [2.05, 4.69) is 37.1 Å². The minimum absolute atomic E-state index is 0.0499. The molecule has 3 nitrogen and oxygen atoms in total. The molecule has 0 bridgehead atoms. The molecule has 1 aromatic carbocycles. The van der Waals surface area contributed by atoms with Gasteiger partial charge in [0.2, 0.25) is 0 Å². The van der Waals surface area contributed by atoms with Crippen molar-refractivity contribution < 1.29 is 5.11 Å². The Labute approximate surface area is 96.9 Å². The third-order valence-electron chi connectivity index (χ3n) is 3.51. The van der Waals surface area contributed by atoms with Gasteiger partial charge in [-0.25, -0.2) is 0 Å². The van der Waals surface area contributed by atoms with Crippen LogP contribution in [0.4, 0.5) is 5.69 Å². The molecule has 2 rings (SSSR count). The van der Waals surface area contributed by atoms with Gasteiger partial charge in [-0.2, -0.15) is 0 Å². The lowest BCUT2D eigenvalue weighted by molar-refractivity contribution is 0.251. The maximum absolute atomic E-state index is 9.19. The number of likely N-dealkylation sites (N-methyl/N-ethyl adjacent to an activating group) is 1. The lowest BCUT2D eigenvalue weighted by Crippen LogP contribution is -2.34. The smallest absolute Gasteiger partial charge is 0.0589 e. The number of nitrogens with zero attached hydrogens (tertiary/aromatic N) is 1. The average Bonchev–Trinajstić information content (AvgIpc) is 2.66. The summed E-state index contributed by atoms with van der Waals surface area (Å²) in [5.74, 6) is 0.261. The summed E-state index contributed by atoms with van der Waals surface area (Å²) in [6.45, 7) is 3.13. The lowest BCUT2D eigenvalue weighted by atomic mass is 9.93. The Balaban J connectivity index is 2.43. The van der Waals surface area contributed by atoms with Gasteiger partial charge in [0.25, 0.3) is 0 Å². The summed E-state index contributed by atoms with van der Waals surface area (Å²) in [6, 6.07) is 6.24. The van der Waals surface area contributed by atoms with Crippen molar-refractivity contribution in [3.05, 3.63) is 29.3 Å². The molecule has 0 aromatic heterocycles. The summed E-state index contributed by atoms with van der Waals surface area (Å²) in [6.07, 6.45) is 1.04. The van der Waals surface area contributed by atoms with Crippen LogP contribution in [0.2, 0.25) is 0 Å². The molecule has 0 fully saturated rings. The molecule has 1 heterocycles. The number of anilines is 1. The van der Waals surface area contributed by atoms with E-state index in [-0.39, 0.29) is 18.6 Å². The molecule has 2 unspecified atom stereocenters. The predicted molar refractivity (Wildman–Crippen MR) is 66.9 cm³/mol. The van der Waals surface area contributed by atoms with Crippen molar-refractivity contribution in [1.82, 2.24) is 0 Å².